The number of thioether (sulfide) groups is 1. The summed E-state index contributed by atoms with van der Waals surface area (Å²) in [5, 5.41) is 12.6. The molecule has 160 valence electrons. The van der Waals surface area contributed by atoms with Crippen molar-refractivity contribution in [2.75, 3.05) is 0 Å². The lowest BCUT2D eigenvalue weighted by molar-refractivity contribution is 0.560. The van der Waals surface area contributed by atoms with Gasteiger partial charge >= 0.3 is 5.63 Å². The summed E-state index contributed by atoms with van der Waals surface area (Å²) in [5.74, 6) is 1.78. The summed E-state index contributed by atoms with van der Waals surface area (Å²) >= 11 is 1.51. The first-order valence-electron chi connectivity index (χ1n) is 10.4. The summed E-state index contributed by atoms with van der Waals surface area (Å²) in [6.45, 7) is 0. The van der Waals surface area contributed by atoms with Gasteiger partial charge in [-0.2, -0.15) is 0 Å². The maximum atomic E-state index is 12.3. The average molecular weight is 452 g/mol. The van der Waals surface area contributed by atoms with Gasteiger partial charge in [0.1, 0.15) is 5.58 Å². The standard InChI is InChI=1S/C26H17N3O3S/c30-23-15-18(24-20-10-5-4-7-17(20)12-13-21(24)32-23)16-33-26-28-27-25(22-11-6-14-31-22)29(26)19-8-2-1-3-9-19/h1-15H,16H2. The van der Waals surface area contributed by atoms with Gasteiger partial charge < -0.3 is 8.83 Å². The molecular weight excluding hydrogens is 434 g/mol. The third-order valence-corrected chi connectivity index (χ3v) is 6.44. The van der Waals surface area contributed by atoms with Gasteiger partial charge in [0, 0.05) is 22.9 Å². The summed E-state index contributed by atoms with van der Waals surface area (Å²) in [6.07, 6.45) is 1.62. The second kappa shape index (κ2) is 8.11. The number of furan rings is 1. The Bertz CT molecular complexity index is 1640. The van der Waals surface area contributed by atoms with Crippen LogP contribution in [0.5, 0.6) is 0 Å². The van der Waals surface area contributed by atoms with Crippen LogP contribution in [0.25, 0.3) is 39.0 Å². The summed E-state index contributed by atoms with van der Waals surface area (Å²) < 4.78 is 13.1. The molecular formula is C26H17N3O3S. The average Bonchev–Trinajstić information content (AvgIpc) is 3.52. The van der Waals surface area contributed by atoms with Crippen molar-refractivity contribution in [3.63, 3.8) is 0 Å². The van der Waals surface area contributed by atoms with Gasteiger partial charge in [0.15, 0.2) is 10.9 Å². The molecule has 0 N–H and O–H groups in total. The molecule has 33 heavy (non-hydrogen) atoms. The number of aromatic nitrogens is 3. The van der Waals surface area contributed by atoms with E-state index in [4.69, 9.17) is 8.83 Å². The first-order valence-corrected chi connectivity index (χ1v) is 11.4. The van der Waals surface area contributed by atoms with E-state index in [9.17, 15) is 4.79 Å². The molecule has 0 bridgehead atoms. The zero-order valence-electron chi connectivity index (χ0n) is 17.3. The minimum atomic E-state index is -0.366. The minimum Gasteiger partial charge on any atom is -0.461 e. The van der Waals surface area contributed by atoms with Gasteiger partial charge in [0.2, 0.25) is 5.82 Å². The van der Waals surface area contributed by atoms with Crippen LogP contribution in [-0.2, 0) is 5.75 Å². The summed E-state index contributed by atoms with van der Waals surface area (Å²) in [6, 6.07) is 27.1. The molecule has 7 heteroatoms. The van der Waals surface area contributed by atoms with E-state index < -0.39 is 0 Å². The van der Waals surface area contributed by atoms with Crippen molar-refractivity contribution in [1.82, 2.24) is 14.8 Å². The van der Waals surface area contributed by atoms with Crippen molar-refractivity contribution in [3.05, 3.63) is 107 Å². The van der Waals surface area contributed by atoms with Crippen molar-refractivity contribution < 1.29 is 8.83 Å². The molecule has 0 unspecified atom stereocenters. The number of hydrogen-bond donors (Lipinski definition) is 0. The molecule has 0 fully saturated rings. The molecule has 0 aliphatic rings. The van der Waals surface area contributed by atoms with E-state index in [0.717, 1.165) is 27.4 Å². The number of hydrogen-bond acceptors (Lipinski definition) is 6. The van der Waals surface area contributed by atoms with E-state index in [1.165, 1.54) is 11.8 Å². The van der Waals surface area contributed by atoms with Crippen LogP contribution in [0.1, 0.15) is 5.56 Å². The highest BCUT2D eigenvalue weighted by atomic mass is 32.2. The first-order chi connectivity index (χ1) is 16.3. The molecule has 0 saturated carbocycles. The van der Waals surface area contributed by atoms with E-state index in [1.807, 2.05) is 77.4 Å². The van der Waals surface area contributed by atoms with Crippen LogP contribution >= 0.6 is 11.8 Å². The quantitative estimate of drug-likeness (QED) is 0.180. The fourth-order valence-corrected chi connectivity index (χ4v) is 4.95. The Kier molecular flexibility index (Phi) is 4.81. The van der Waals surface area contributed by atoms with Crippen molar-refractivity contribution in [2.45, 2.75) is 10.9 Å². The van der Waals surface area contributed by atoms with Crippen LogP contribution in [0.4, 0.5) is 0 Å². The molecule has 3 heterocycles. The molecule has 0 aliphatic carbocycles. The fourth-order valence-electron chi connectivity index (χ4n) is 4.01. The van der Waals surface area contributed by atoms with Crippen molar-refractivity contribution in [2.24, 2.45) is 0 Å². The highest BCUT2D eigenvalue weighted by Gasteiger charge is 2.19. The Labute approximate surface area is 192 Å². The van der Waals surface area contributed by atoms with E-state index in [1.54, 1.807) is 12.3 Å². The monoisotopic (exact) mass is 451 g/mol. The third-order valence-electron chi connectivity index (χ3n) is 5.46. The second-order valence-electron chi connectivity index (χ2n) is 7.49. The molecule has 0 saturated heterocycles. The molecule has 0 radical (unpaired) electrons. The predicted octanol–water partition coefficient (Wildman–Crippen LogP) is 6.08. The van der Waals surface area contributed by atoms with Crippen molar-refractivity contribution in [3.8, 4) is 17.3 Å². The molecule has 6 aromatic rings. The van der Waals surface area contributed by atoms with E-state index in [0.29, 0.717) is 28.1 Å². The molecule has 3 aromatic heterocycles. The maximum Gasteiger partial charge on any atom is 0.336 e. The number of para-hydroxylation sites is 1. The van der Waals surface area contributed by atoms with Crippen LogP contribution < -0.4 is 5.63 Å². The van der Waals surface area contributed by atoms with Gasteiger partial charge in [0.25, 0.3) is 0 Å². The van der Waals surface area contributed by atoms with Crippen LogP contribution in [-0.4, -0.2) is 14.8 Å². The Morgan fingerprint density at radius 2 is 1.73 bits per heavy atom. The predicted molar refractivity (Wildman–Crippen MR) is 129 cm³/mol. The Balaban J connectivity index is 1.46. The van der Waals surface area contributed by atoms with Crippen LogP contribution in [0.2, 0.25) is 0 Å². The maximum absolute atomic E-state index is 12.3. The summed E-state index contributed by atoms with van der Waals surface area (Å²) in [5.41, 5.74) is 2.04. The topological polar surface area (TPSA) is 74.1 Å². The van der Waals surface area contributed by atoms with Gasteiger partial charge in [-0.25, -0.2) is 4.79 Å². The highest BCUT2D eigenvalue weighted by Crippen LogP contribution is 2.33. The van der Waals surface area contributed by atoms with Crippen molar-refractivity contribution >= 4 is 33.5 Å². The second-order valence-corrected chi connectivity index (χ2v) is 8.44. The normalized spacial score (nSPS) is 11.4. The number of nitrogens with zero attached hydrogens (tertiary/aromatic N) is 3. The minimum absolute atomic E-state index is 0.366. The first kappa shape index (κ1) is 19.6. The zero-order chi connectivity index (χ0) is 22.2. The molecule has 6 rings (SSSR count). The van der Waals surface area contributed by atoms with Gasteiger partial charge in [-0.1, -0.05) is 60.3 Å². The SMILES string of the molecule is O=c1cc(CSc2nnc(-c3ccco3)n2-c2ccccc2)c2c(ccc3ccccc32)o1. The Morgan fingerprint density at radius 3 is 2.58 bits per heavy atom. The third kappa shape index (κ3) is 3.52. The van der Waals surface area contributed by atoms with E-state index in [-0.39, 0.29) is 5.63 Å². The molecule has 6 nitrogen and oxygen atoms in total. The largest absolute Gasteiger partial charge is 0.461 e. The zero-order valence-corrected chi connectivity index (χ0v) is 18.2. The molecule has 0 amide bonds. The van der Waals surface area contributed by atoms with Crippen LogP contribution in [0.3, 0.4) is 0 Å². The molecule has 0 spiro atoms. The van der Waals surface area contributed by atoms with Crippen LogP contribution in [0, 0.1) is 0 Å². The Morgan fingerprint density at radius 1 is 0.879 bits per heavy atom. The summed E-state index contributed by atoms with van der Waals surface area (Å²) in [7, 11) is 0. The molecule has 0 atom stereocenters. The van der Waals surface area contributed by atoms with Crippen molar-refractivity contribution in [1.29, 1.82) is 0 Å². The number of rotatable bonds is 5. The smallest absolute Gasteiger partial charge is 0.336 e. The lowest BCUT2D eigenvalue weighted by atomic mass is 10.0. The number of fused-ring (bicyclic) bond motifs is 3. The van der Waals surface area contributed by atoms with Gasteiger partial charge in [0.05, 0.1) is 6.26 Å². The van der Waals surface area contributed by atoms with E-state index >= 15 is 0 Å². The fraction of sp³-hybridized carbons (Fsp3) is 0.0385. The van der Waals surface area contributed by atoms with Gasteiger partial charge in [-0.3, -0.25) is 4.57 Å². The highest BCUT2D eigenvalue weighted by molar-refractivity contribution is 7.98. The Hall–Kier alpha value is -4.10. The van der Waals surface area contributed by atoms with Gasteiger partial charge in [-0.15, -0.1) is 10.2 Å². The summed E-state index contributed by atoms with van der Waals surface area (Å²) in [4.78, 5) is 12.3. The van der Waals surface area contributed by atoms with E-state index in [2.05, 4.69) is 16.3 Å². The van der Waals surface area contributed by atoms with Gasteiger partial charge in [-0.05, 0) is 46.7 Å². The number of benzene rings is 3. The molecule has 0 aliphatic heterocycles. The molecule has 3 aromatic carbocycles. The van der Waals surface area contributed by atoms with Crippen LogP contribution in [0.15, 0.2) is 110 Å². The lowest BCUT2D eigenvalue weighted by Crippen LogP contribution is -2.02. The lowest BCUT2D eigenvalue weighted by Gasteiger charge is -2.11.